The molecule has 3 atom stereocenters. The fourth-order valence-electron chi connectivity index (χ4n) is 6.95. The summed E-state index contributed by atoms with van der Waals surface area (Å²) in [5.74, 6) is -0.273. The lowest BCUT2D eigenvalue weighted by molar-refractivity contribution is -0.144. The predicted octanol–water partition coefficient (Wildman–Crippen LogP) is 6.78. The summed E-state index contributed by atoms with van der Waals surface area (Å²) in [5.41, 5.74) is 6.59. The molecule has 0 unspecified atom stereocenters. The van der Waals surface area contributed by atoms with Crippen molar-refractivity contribution in [3.63, 3.8) is 0 Å². The third-order valence-electron chi connectivity index (χ3n) is 10.3. The molecule has 60 heavy (non-hydrogen) atoms. The number of para-hydroxylation sites is 1. The number of rotatable bonds is 15. The first-order valence-corrected chi connectivity index (χ1v) is 21.5. The van der Waals surface area contributed by atoms with Crippen LogP contribution in [0.5, 0.6) is 11.5 Å². The van der Waals surface area contributed by atoms with Gasteiger partial charge in [-0.25, -0.2) is 4.98 Å². The van der Waals surface area contributed by atoms with E-state index in [1.54, 1.807) is 22.9 Å². The van der Waals surface area contributed by atoms with Crippen LogP contribution in [0.4, 0.5) is 4.79 Å². The van der Waals surface area contributed by atoms with Gasteiger partial charge in [-0.1, -0.05) is 69.3 Å². The molecule has 316 valence electrons. The average Bonchev–Trinajstić information content (AvgIpc) is 3.90. The van der Waals surface area contributed by atoms with Crippen LogP contribution in [0.2, 0.25) is 0 Å². The molecule has 2 saturated heterocycles. The molecule has 2 fully saturated rings. The number of aliphatic hydroxyl groups excluding tert-OH is 1. The average molecular weight is 854 g/mol. The van der Waals surface area contributed by atoms with Crippen molar-refractivity contribution in [1.29, 1.82) is 0 Å². The maximum absolute atomic E-state index is 14.0. The van der Waals surface area contributed by atoms with Gasteiger partial charge in [-0.15, -0.1) is 11.3 Å². The van der Waals surface area contributed by atoms with E-state index in [0.29, 0.717) is 10.7 Å². The van der Waals surface area contributed by atoms with E-state index >= 15 is 0 Å². The van der Waals surface area contributed by atoms with Crippen molar-refractivity contribution in [2.24, 2.45) is 5.41 Å². The Morgan fingerprint density at radius 3 is 2.40 bits per heavy atom. The van der Waals surface area contributed by atoms with Gasteiger partial charge in [0.05, 0.1) is 46.8 Å². The zero-order valence-electron chi connectivity index (χ0n) is 34.7. The van der Waals surface area contributed by atoms with Crippen LogP contribution in [0, 0.1) is 26.2 Å². The maximum Gasteiger partial charge on any atom is 0.293 e. The van der Waals surface area contributed by atoms with Crippen LogP contribution in [0.1, 0.15) is 61.6 Å². The van der Waals surface area contributed by atoms with Crippen molar-refractivity contribution in [1.82, 2.24) is 25.4 Å². The second-order valence-corrected chi connectivity index (χ2v) is 17.9. The lowest BCUT2D eigenvalue weighted by atomic mass is 9.85. The van der Waals surface area contributed by atoms with Gasteiger partial charge in [0.1, 0.15) is 23.6 Å². The summed E-state index contributed by atoms with van der Waals surface area (Å²) in [4.78, 5) is 74.6. The number of hydrogen-bond acceptors (Lipinski definition) is 11. The molecule has 0 bridgehead atoms. The molecule has 2 aliphatic heterocycles. The summed E-state index contributed by atoms with van der Waals surface area (Å²) in [5, 5.41) is 15.9. The molecular formula is C45H51N5O8S2. The predicted molar refractivity (Wildman–Crippen MR) is 232 cm³/mol. The molecule has 3 N–H and O–H groups in total. The Morgan fingerprint density at radius 1 is 0.983 bits per heavy atom. The molecule has 3 heterocycles. The normalized spacial score (nSPS) is 17.9. The smallest absolute Gasteiger partial charge is 0.293 e. The Kier molecular flexibility index (Phi) is 14.3. The summed E-state index contributed by atoms with van der Waals surface area (Å²) in [6, 6.07) is 19.2. The number of thioether (sulfide) groups is 1. The van der Waals surface area contributed by atoms with E-state index < -0.39 is 46.6 Å². The molecule has 1 aromatic heterocycles. The number of hydrogen-bond donors (Lipinski definition) is 3. The third-order valence-corrected chi connectivity index (χ3v) is 12.2. The third kappa shape index (κ3) is 10.9. The Balaban J connectivity index is 0.962. The van der Waals surface area contributed by atoms with Crippen LogP contribution >= 0.6 is 23.1 Å². The molecule has 6 rings (SSSR count). The monoisotopic (exact) mass is 853 g/mol. The fourth-order valence-corrected chi connectivity index (χ4v) is 8.62. The standard InChI is InChI=1S/C45H51N5O8S2/c1-27-9-7-8-10-35(27)58-36-16-13-31(21-28(36)2)22-37-42(54)49(44(56)60-37)18-20-57-19-17-38(52)48-40(45(4,5)6)43(55)50-25-33(51)23-34(50)41(53)46-24-30-11-14-32(15-12-30)39-29(3)47-26-59-39/h7-16,21-22,26,33-34,40,51H,17-20,23-25H2,1-6H3,(H,46,53)(H,48,52)/b37-22-/t33-,34+,40-/m1/s1. The van der Waals surface area contributed by atoms with Crippen molar-refractivity contribution >= 4 is 58.0 Å². The summed E-state index contributed by atoms with van der Waals surface area (Å²) in [6.07, 6.45) is 0.778. The highest BCUT2D eigenvalue weighted by Crippen LogP contribution is 2.34. The number of aryl methyl sites for hydroxylation is 3. The van der Waals surface area contributed by atoms with E-state index in [4.69, 9.17) is 9.47 Å². The van der Waals surface area contributed by atoms with Gasteiger partial charge in [0.15, 0.2) is 0 Å². The fraction of sp³-hybridized carbons (Fsp3) is 0.378. The number of likely N-dealkylation sites (tertiary alicyclic amines) is 1. The quantitative estimate of drug-likeness (QED) is 0.0857. The summed E-state index contributed by atoms with van der Waals surface area (Å²) in [7, 11) is 0. The summed E-state index contributed by atoms with van der Waals surface area (Å²) >= 11 is 2.42. The number of carbonyl (C=O) groups is 5. The van der Waals surface area contributed by atoms with Crippen LogP contribution in [-0.2, 0) is 30.5 Å². The molecule has 0 spiro atoms. The molecule has 0 aliphatic carbocycles. The second kappa shape index (κ2) is 19.4. The second-order valence-electron chi connectivity index (χ2n) is 16.0. The number of benzene rings is 3. The Hall–Kier alpha value is -5.35. The Labute approximate surface area is 358 Å². The van der Waals surface area contributed by atoms with Crippen molar-refractivity contribution in [3.05, 3.63) is 105 Å². The minimum atomic E-state index is -0.990. The molecule has 15 heteroatoms. The van der Waals surface area contributed by atoms with E-state index in [-0.39, 0.29) is 51.6 Å². The lowest BCUT2D eigenvalue weighted by Crippen LogP contribution is -2.57. The number of nitrogens with zero attached hydrogens (tertiary/aromatic N) is 3. The molecule has 2 aliphatic rings. The van der Waals surface area contributed by atoms with Gasteiger partial charge < -0.3 is 30.1 Å². The van der Waals surface area contributed by atoms with Gasteiger partial charge in [0.25, 0.3) is 11.1 Å². The highest BCUT2D eigenvalue weighted by molar-refractivity contribution is 8.18. The largest absolute Gasteiger partial charge is 0.457 e. The summed E-state index contributed by atoms with van der Waals surface area (Å²) in [6.45, 7) is 11.5. The van der Waals surface area contributed by atoms with E-state index in [1.807, 2.05) is 108 Å². The first-order valence-electron chi connectivity index (χ1n) is 19.8. The van der Waals surface area contributed by atoms with Crippen LogP contribution < -0.4 is 15.4 Å². The first-order chi connectivity index (χ1) is 28.6. The number of nitrogens with one attached hydrogen (secondary N) is 2. The lowest BCUT2D eigenvalue weighted by Gasteiger charge is -2.35. The zero-order chi connectivity index (χ0) is 43.1. The molecule has 3 aromatic carbocycles. The SMILES string of the molecule is Cc1ccccc1Oc1ccc(/C=C2\SC(=O)N(CCOCCC(=O)N[C@H](C(=O)N3C[C@H](O)C[C@H]3C(=O)NCc3ccc(-c4scnc4C)cc3)C(C)(C)C)C2=O)cc1C. The van der Waals surface area contributed by atoms with Gasteiger partial charge in [-0.05, 0) is 90.0 Å². The van der Waals surface area contributed by atoms with Gasteiger partial charge >= 0.3 is 0 Å². The van der Waals surface area contributed by atoms with Crippen LogP contribution in [0.25, 0.3) is 16.5 Å². The van der Waals surface area contributed by atoms with Gasteiger partial charge in [-0.2, -0.15) is 0 Å². The van der Waals surface area contributed by atoms with Crippen molar-refractivity contribution < 1.29 is 38.6 Å². The maximum atomic E-state index is 14.0. The van der Waals surface area contributed by atoms with E-state index in [9.17, 15) is 29.1 Å². The molecular weight excluding hydrogens is 803 g/mol. The molecule has 5 amide bonds. The van der Waals surface area contributed by atoms with E-state index in [1.165, 1.54) is 4.90 Å². The molecule has 0 saturated carbocycles. The Bertz CT molecular complexity index is 2270. The number of aromatic nitrogens is 1. The number of thiazole rings is 1. The number of β-amino-alcohol motifs (C(OH)–C–C–N with tert-alkyl or cyclic N) is 1. The van der Waals surface area contributed by atoms with Crippen LogP contribution in [-0.4, -0.2) is 93.2 Å². The number of imide groups is 1. The first kappa shape index (κ1) is 44.2. The van der Waals surface area contributed by atoms with E-state index in [0.717, 1.165) is 60.8 Å². The number of aliphatic hydroxyl groups is 1. The van der Waals surface area contributed by atoms with Gasteiger partial charge in [-0.3, -0.25) is 28.9 Å². The van der Waals surface area contributed by atoms with Gasteiger partial charge in [0.2, 0.25) is 17.7 Å². The van der Waals surface area contributed by atoms with E-state index in [2.05, 4.69) is 15.6 Å². The minimum Gasteiger partial charge on any atom is -0.457 e. The van der Waals surface area contributed by atoms with Crippen molar-refractivity contribution in [2.75, 3.05) is 26.3 Å². The van der Waals surface area contributed by atoms with Crippen molar-refractivity contribution in [2.45, 2.75) is 79.1 Å². The number of ether oxygens (including phenoxy) is 2. The highest BCUT2D eigenvalue weighted by Gasteiger charge is 2.44. The molecule has 13 nitrogen and oxygen atoms in total. The van der Waals surface area contributed by atoms with Crippen LogP contribution in [0.15, 0.2) is 77.1 Å². The molecule has 4 aromatic rings. The van der Waals surface area contributed by atoms with Crippen LogP contribution in [0.3, 0.4) is 0 Å². The zero-order valence-corrected chi connectivity index (χ0v) is 36.3. The Morgan fingerprint density at radius 2 is 1.72 bits per heavy atom. The number of carbonyl (C=O) groups excluding carboxylic acids is 5. The van der Waals surface area contributed by atoms with Crippen molar-refractivity contribution in [3.8, 4) is 21.9 Å². The number of amides is 5. The topological polar surface area (TPSA) is 167 Å². The molecule has 0 radical (unpaired) electrons. The summed E-state index contributed by atoms with van der Waals surface area (Å²) < 4.78 is 11.7. The highest BCUT2D eigenvalue weighted by atomic mass is 32.2. The minimum absolute atomic E-state index is 0.00751. The van der Waals surface area contributed by atoms with Gasteiger partial charge in [0, 0.05) is 25.9 Å².